The summed E-state index contributed by atoms with van der Waals surface area (Å²) in [5.74, 6) is -0.655. The van der Waals surface area contributed by atoms with E-state index in [9.17, 15) is 14.6 Å². The van der Waals surface area contributed by atoms with Crippen LogP contribution in [0.2, 0.25) is 0 Å². The van der Waals surface area contributed by atoms with Crippen LogP contribution in [0.3, 0.4) is 0 Å². The molecule has 0 bridgehead atoms. The molecule has 0 saturated heterocycles. The maximum atomic E-state index is 13.6. The summed E-state index contributed by atoms with van der Waals surface area (Å²) in [4.78, 5) is 0. The largest absolute Gasteiger partial charge is 0.392 e. The van der Waals surface area contributed by atoms with Gasteiger partial charge in [0.2, 0.25) is 0 Å². The summed E-state index contributed by atoms with van der Waals surface area (Å²) in [7, 11) is 0. The first-order valence-corrected chi connectivity index (χ1v) is 5.10. The molecule has 0 aliphatic rings. The van der Waals surface area contributed by atoms with E-state index in [2.05, 4.69) is 12.6 Å². The minimum atomic E-state index is -1.32. The van der Waals surface area contributed by atoms with Crippen molar-refractivity contribution >= 4 is 12.6 Å². The maximum absolute atomic E-state index is 13.6. The molecule has 3 nitrogen and oxygen atoms in total. The quantitative estimate of drug-likeness (QED) is 0.576. The summed E-state index contributed by atoms with van der Waals surface area (Å²) >= 11 is 3.81. The van der Waals surface area contributed by atoms with Gasteiger partial charge in [-0.25, -0.2) is 4.39 Å². The van der Waals surface area contributed by atoms with Gasteiger partial charge in [-0.1, -0.05) is 18.2 Å². The fourth-order valence-corrected chi connectivity index (χ4v) is 1.46. The molecule has 2 atom stereocenters. The van der Waals surface area contributed by atoms with E-state index in [-0.39, 0.29) is 16.9 Å². The Morgan fingerprint density at radius 2 is 2.00 bits per heavy atom. The van der Waals surface area contributed by atoms with Crippen LogP contribution >= 0.6 is 12.6 Å². The molecule has 2 unspecified atom stereocenters. The lowest BCUT2D eigenvalue weighted by Crippen LogP contribution is -2.21. The Balaban J connectivity index is 3.03. The Morgan fingerprint density at radius 1 is 1.33 bits per heavy atom. The van der Waals surface area contributed by atoms with E-state index in [1.54, 1.807) is 0 Å². The van der Waals surface area contributed by atoms with Gasteiger partial charge in [-0.2, -0.15) is 12.6 Å². The highest BCUT2D eigenvalue weighted by atomic mass is 32.1. The molecule has 0 heterocycles. The third-order valence-corrected chi connectivity index (χ3v) is 2.52. The molecule has 0 amide bonds. The molecule has 0 aliphatic heterocycles. The van der Waals surface area contributed by atoms with Gasteiger partial charge in [0.05, 0.1) is 12.7 Å². The molecule has 84 valence electrons. The van der Waals surface area contributed by atoms with Crippen molar-refractivity contribution < 1.29 is 19.7 Å². The van der Waals surface area contributed by atoms with Crippen molar-refractivity contribution in [2.24, 2.45) is 0 Å². The summed E-state index contributed by atoms with van der Waals surface area (Å²) in [5, 5.41) is 27.7. The van der Waals surface area contributed by atoms with Crippen molar-refractivity contribution in [1.82, 2.24) is 0 Å². The Hall–Kier alpha value is -0.620. The standard InChI is InChI=1S/C10H13FO3S/c11-9-6(4-12)2-1-3-7(9)10(14)8(13)5-15/h1-3,8,10,12-15H,4-5H2. The second kappa shape index (κ2) is 5.46. The topological polar surface area (TPSA) is 60.7 Å². The van der Waals surface area contributed by atoms with E-state index >= 15 is 0 Å². The van der Waals surface area contributed by atoms with Crippen LogP contribution in [-0.4, -0.2) is 27.2 Å². The minimum Gasteiger partial charge on any atom is -0.392 e. The predicted molar refractivity (Wildman–Crippen MR) is 57.1 cm³/mol. The van der Waals surface area contributed by atoms with Crippen molar-refractivity contribution in [3.8, 4) is 0 Å². The van der Waals surface area contributed by atoms with Crippen molar-refractivity contribution in [1.29, 1.82) is 0 Å². The van der Waals surface area contributed by atoms with E-state index in [4.69, 9.17) is 5.11 Å². The molecule has 0 radical (unpaired) electrons. The summed E-state index contributed by atoms with van der Waals surface area (Å²) in [6.45, 7) is -0.441. The minimum absolute atomic E-state index is 0.0249. The molecular formula is C10H13FO3S. The average Bonchev–Trinajstić information content (AvgIpc) is 2.27. The van der Waals surface area contributed by atoms with Crippen LogP contribution in [0.4, 0.5) is 4.39 Å². The lowest BCUT2D eigenvalue weighted by Gasteiger charge is -2.17. The number of aliphatic hydroxyl groups is 3. The smallest absolute Gasteiger partial charge is 0.134 e. The number of thiol groups is 1. The lowest BCUT2D eigenvalue weighted by atomic mass is 10.0. The first-order valence-electron chi connectivity index (χ1n) is 4.47. The zero-order valence-electron chi connectivity index (χ0n) is 7.97. The molecule has 15 heavy (non-hydrogen) atoms. The molecule has 1 aromatic carbocycles. The van der Waals surface area contributed by atoms with Crippen LogP contribution in [0.15, 0.2) is 18.2 Å². The third kappa shape index (κ3) is 2.69. The van der Waals surface area contributed by atoms with Gasteiger partial charge >= 0.3 is 0 Å². The number of hydrogen-bond donors (Lipinski definition) is 4. The van der Waals surface area contributed by atoms with Crippen LogP contribution in [-0.2, 0) is 6.61 Å². The van der Waals surface area contributed by atoms with Gasteiger partial charge < -0.3 is 15.3 Å². The predicted octanol–water partition coefficient (Wildman–Crippen LogP) is 0.642. The van der Waals surface area contributed by atoms with E-state index in [1.165, 1.54) is 18.2 Å². The highest BCUT2D eigenvalue weighted by Gasteiger charge is 2.21. The first kappa shape index (κ1) is 12.4. The number of halogens is 1. The fraction of sp³-hybridized carbons (Fsp3) is 0.400. The van der Waals surface area contributed by atoms with Crippen LogP contribution in [0, 0.1) is 5.82 Å². The van der Waals surface area contributed by atoms with Gasteiger partial charge in [-0.3, -0.25) is 0 Å². The normalized spacial score (nSPS) is 15.0. The van der Waals surface area contributed by atoms with Gasteiger partial charge in [-0.15, -0.1) is 0 Å². The zero-order valence-corrected chi connectivity index (χ0v) is 8.86. The van der Waals surface area contributed by atoms with Crippen LogP contribution < -0.4 is 0 Å². The van der Waals surface area contributed by atoms with Crippen LogP contribution in [0.1, 0.15) is 17.2 Å². The van der Waals surface area contributed by atoms with E-state index in [0.29, 0.717) is 0 Å². The van der Waals surface area contributed by atoms with Crippen LogP contribution in [0.25, 0.3) is 0 Å². The summed E-state index contributed by atoms with van der Waals surface area (Å²) in [6, 6.07) is 4.29. The zero-order chi connectivity index (χ0) is 11.4. The Morgan fingerprint density at radius 3 is 2.53 bits per heavy atom. The van der Waals surface area contributed by atoms with Gasteiger partial charge in [-0.05, 0) is 0 Å². The molecule has 0 fully saturated rings. The number of hydrogen-bond acceptors (Lipinski definition) is 4. The molecule has 1 aromatic rings. The molecule has 3 N–H and O–H groups in total. The first-order chi connectivity index (χ1) is 7.11. The van der Waals surface area contributed by atoms with Crippen molar-refractivity contribution in [2.75, 3.05) is 5.75 Å². The van der Waals surface area contributed by atoms with E-state index in [0.717, 1.165) is 0 Å². The van der Waals surface area contributed by atoms with Gasteiger partial charge in [0.25, 0.3) is 0 Å². The highest BCUT2D eigenvalue weighted by Crippen LogP contribution is 2.23. The van der Waals surface area contributed by atoms with E-state index in [1.807, 2.05) is 0 Å². The third-order valence-electron chi connectivity index (χ3n) is 2.15. The van der Waals surface area contributed by atoms with Gasteiger partial charge in [0.1, 0.15) is 11.9 Å². The SMILES string of the molecule is OCc1cccc(C(O)C(O)CS)c1F. The Kier molecular flexibility index (Phi) is 4.53. The molecule has 1 rings (SSSR count). The molecule has 5 heteroatoms. The molecule has 0 spiro atoms. The lowest BCUT2D eigenvalue weighted by molar-refractivity contribution is 0.0313. The second-order valence-electron chi connectivity index (χ2n) is 3.17. The van der Waals surface area contributed by atoms with E-state index < -0.39 is 24.6 Å². The summed E-state index contributed by atoms with van der Waals surface area (Å²) in [5.41, 5.74) is 0.0704. The molecule has 0 aromatic heterocycles. The molecular weight excluding hydrogens is 219 g/mol. The Labute approximate surface area is 92.6 Å². The Bertz CT molecular complexity index is 332. The fourth-order valence-electron chi connectivity index (χ4n) is 1.26. The maximum Gasteiger partial charge on any atom is 0.134 e. The van der Waals surface area contributed by atoms with Gasteiger partial charge in [0.15, 0.2) is 0 Å². The molecule has 0 aliphatic carbocycles. The van der Waals surface area contributed by atoms with Crippen LogP contribution in [0.5, 0.6) is 0 Å². The van der Waals surface area contributed by atoms with Crippen molar-refractivity contribution in [3.05, 3.63) is 35.1 Å². The number of aliphatic hydroxyl groups excluding tert-OH is 3. The summed E-state index contributed by atoms with van der Waals surface area (Å²) in [6.07, 6.45) is -2.45. The van der Waals surface area contributed by atoms with Gasteiger partial charge in [0, 0.05) is 16.9 Å². The summed E-state index contributed by atoms with van der Waals surface area (Å²) < 4.78 is 13.6. The number of rotatable bonds is 4. The highest BCUT2D eigenvalue weighted by molar-refractivity contribution is 7.80. The number of benzene rings is 1. The second-order valence-corrected chi connectivity index (χ2v) is 3.54. The molecule has 0 saturated carbocycles. The van der Waals surface area contributed by atoms with Crippen molar-refractivity contribution in [3.63, 3.8) is 0 Å². The monoisotopic (exact) mass is 232 g/mol. The average molecular weight is 232 g/mol. The van der Waals surface area contributed by atoms with Crippen molar-refractivity contribution in [2.45, 2.75) is 18.8 Å².